The molecule has 0 bridgehead atoms. The van der Waals surface area contributed by atoms with Gasteiger partial charge < -0.3 is 15.1 Å². The van der Waals surface area contributed by atoms with Gasteiger partial charge in [0.2, 0.25) is 0 Å². The smallest absolute Gasteiger partial charge is 0.184 e. The number of fused-ring (bicyclic) bond motifs is 1. The molecular formula is C18H24F2N4OS. The van der Waals surface area contributed by atoms with Crippen LogP contribution in [0.15, 0.2) is 12.1 Å². The van der Waals surface area contributed by atoms with Crippen LogP contribution in [0.5, 0.6) is 0 Å². The standard InChI is InChI=1S/C18H24F2N4OS/c1-23(2)6-7-24-5-3-4-12(11-24)15(25)10-21-18-22-17-14(20)8-13(19)9-16(17)26-18/h8-9,12H,3-7,10-11H2,1-2H3,(H,21,22). The molecule has 1 saturated heterocycles. The van der Waals surface area contributed by atoms with Gasteiger partial charge in [-0.1, -0.05) is 11.3 Å². The van der Waals surface area contributed by atoms with Crippen LogP contribution in [-0.2, 0) is 4.79 Å². The molecule has 0 amide bonds. The molecule has 2 heterocycles. The first kappa shape index (κ1) is 19.1. The molecule has 26 heavy (non-hydrogen) atoms. The van der Waals surface area contributed by atoms with Gasteiger partial charge in [-0.25, -0.2) is 13.8 Å². The zero-order chi connectivity index (χ0) is 18.7. The third-order valence-corrected chi connectivity index (χ3v) is 5.61. The number of Topliss-reactive ketones (excluding diaryl/α,β-unsaturated/α-hetero) is 1. The Morgan fingerprint density at radius 3 is 3.00 bits per heavy atom. The van der Waals surface area contributed by atoms with E-state index in [0.717, 1.165) is 56.4 Å². The fourth-order valence-electron chi connectivity index (χ4n) is 3.20. The number of ketones is 1. The third-order valence-electron chi connectivity index (χ3n) is 4.65. The zero-order valence-electron chi connectivity index (χ0n) is 15.1. The van der Waals surface area contributed by atoms with Gasteiger partial charge in [0.1, 0.15) is 11.3 Å². The van der Waals surface area contributed by atoms with Crippen molar-refractivity contribution in [2.75, 3.05) is 52.1 Å². The highest BCUT2D eigenvalue weighted by Crippen LogP contribution is 2.28. The lowest BCUT2D eigenvalue weighted by Crippen LogP contribution is -2.42. The predicted octanol–water partition coefficient (Wildman–Crippen LogP) is 2.83. The van der Waals surface area contributed by atoms with Crippen molar-refractivity contribution >= 4 is 32.5 Å². The van der Waals surface area contributed by atoms with Gasteiger partial charge >= 0.3 is 0 Å². The minimum absolute atomic E-state index is 0.0157. The number of likely N-dealkylation sites (tertiary alicyclic amines) is 1. The number of benzene rings is 1. The summed E-state index contributed by atoms with van der Waals surface area (Å²) in [6.07, 6.45) is 1.92. The summed E-state index contributed by atoms with van der Waals surface area (Å²) in [6.45, 7) is 3.93. The van der Waals surface area contributed by atoms with E-state index in [9.17, 15) is 13.6 Å². The SMILES string of the molecule is CN(C)CCN1CCCC(C(=O)CNc2nc3c(F)cc(F)cc3s2)C1. The second-order valence-corrected chi connectivity index (χ2v) is 8.05. The lowest BCUT2D eigenvalue weighted by atomic mass is 9.93. The summed E-state index contributed by atoms with van der Waals surface area (Å²) in [7, 11) is 4.09. The lowest BCUT2D eigenvalue weighted by molar-refractivity contribution is -0.122. The number of rotatable bonds is 7. The molecule has 1 aromatic heterocycles. The maximum absolute atomic E-state index is 13.7. The van der Waals surface area contributed by atoms with Gasteiger partial charge in [-0.15, -0.1) is 0 Å². The molecular weight excluding hydrogens is 358 g/mol. The number of halogens is 2. The maximum Gasteiger partial charge on any atom is 0.184 e. The monoisotopic (exact) mass is 382 g/mol. The Hall–Kier alpha value is -1.64. The summed E-state index contributed by atoms with van der Waals surface area (Å²) >= 11 is 1.16. The number of aromatic nitrogens is 1. The van der Waals surface area contributed by atoms with Gasteiger partial charge in [-0.05, 0) is 39.5 Å². The van der Waals surface area contributed by atoms with Gasteiger partial charge in [0.05, 0.1) is 11.2 Å². The van der Waals surface area contributed by atoms with E-state index >= 15 is 0 Å². The highest BCUT2D eigenvalue weighted by molar-refractivity contribution is 7.22. The molecule has 142 valence electrons. The van der Waals surface area contributed by atoms with E-state index in [1.54, 1.807) is 0 Å². The highest BCUT2D eigenvalue weighted by Gasteiger charge is 2.25. The Morgan fingerprint density at radius 1 is 1.42 bits per heavy atom. The van der Waals surface area contributed by atoms with Crippen LogP contribution >= 0.6 is 11.3 Å². The molecule has 5 nitrogen and oxygen atoms in total. The van der Waals surface area contributed by atoms with Crippen LogP contribution in [0.25, 0.3) is 10.2 Å². The van der Waals surface area contributed by atoms with Gasteiger partial charge in [0.15, 0.2) is 16.7 Å². The van der Waals surface area contributed by atoms with E-state index in [-0.39, 0.29) is 23.8 Å². The second-order valence-electron chi connectivity index (χ2n) is 7.02. The number of hydrogen-bond acceptors (Lipinski definition) is 6. The van der Waals surface area contributed by atoms with Crippen LogP contribution in [0.3, 0.4) is 0 Å². The minimum atomic E-state index is -0.681. The molecule has 3 rings (SSSR count). The van der Waals surface area contributed by atoms with E-state index in [2.05, 4.69) is 20.1 Å². The Balaban J connectivity index is 1.56. The van der Waals surface area contributed by atoms with E-state index in [1.807, 2.05) is 14.1 Å². The Kier molecular flexibility index (Phi) is 6.16. The predicted molar refractivity (Wildman–Crippen MR) is 101 cm³/mol. The average molecular weight is 382 g/mol. The van der Waals surface area contributed by atoms with Crippen molar-refractivity contribution in [1.29, 1.82) is 0 Å². The summed E-state index contributed by atoms with van der Waals surface area (Å²) < 4.78 is 27.4. The Morgan fingerprint density at radius 2 is 2.23 bits per heavy atom. The molecule has 0 aliphatic carbocycles. The summed E-state index contributed by atoms with van der Waals surface area (Å²) in [6, 6.07) is 2.08. The van der Waals surface area contributed by atoms with Crippen LogP contribution in [0, 0.1) is 17.6 Å². The summed E-state index contributed by atoms with van der Waals surface area (Å²) in [5.41, 5.74) is 0.138. The van der Waals surface area contributed by atoms with Gasteiger partial charge in [0.25, 0.3) is 0 Å². The summed E-state index contributed by atoms with van der Waals surface area (Å²) in [5, 5.41) is 3.43. The molecule has 2 aromatic rings. The maximum atomic E-state index is 13.7. The quantitative estimate of drug-likeness (QED) is 0.798. The number of thiazole rings is 1. The number of hydrogen-bond donors (Lipinski definition) is 1. The van der Waals surface area contributed by atoms with Crippen molar-refractivity contribution in [3.8, 4) is 0 Å². The molecule has 1 atom stereocenters. The molecule has 1 aliphatic heterocycles. The Labute approximate surface area is 156 Å². The Bertz CT molecular complexity index is 780. The topological polar surface area (TPSA) is 48.5 Å². The fourth-order valence-corrected chi connectivity index (χ4v) is 4.10. The van der Waals surface area contributed by atoms with Crippen LogP contribution in [0.1, 0.15) is 12.8 Å². The third kappa shape index (κ3) is 4.75. The molecule has 1 aromatic carbocycles. The van der Waals surface area contributed by atoms with Crippen molar-refractivity contribution < 1.29 is 13.6 Å². The number of nitrogens with zero attached hydrogens (tertiary/aromatic N) is 3. The summed E-state index contributed by atoms with van der Waals surface area (Å²) in [5.74, 6) is -1.15. The molecule has 8 heteroatoms. The molecule has 0 saturated carbocycles. The highest BCUT2D eigenvalue weighted by atomic mass is 32.1. The van der Waals surface area contributed by atoms with Gasteiger partial charge in [0, 0.05) is 31.6 Å². The number of likely N-dealkylation sites (N-methyl/N-ethyl adjacent to an activating group) is 1. The first-order valence-electron chi connectivity index (χ1n) is 8.81. The molecule has 1 aliphatic rings. The molecule has 1 unspecified atom stereocenters. The van der Waals surface area contributed by atoms with Crippen molar-refractivity contribution in [2.24, 2.45) is 5.92 Å². The van der Waals surface area contributed by atoms with E-state index in [4.69, 9.17) is 0 Å². The number of anilines is 1. The second kappa shape index (κ2) is 8.37. The normalized spacial score (nSPS) is 18.6. The number of carbonyl (C=O) groups excluding carboxylic acids is 1. The van der Waals surface area contributed by atoms with Gasteiger partial charge in [-0.2, -0.15) is 0 Å². The minimum Gasteiger partial charge on any atom is -0.354 e. The van der Waals surface area contributed by atoms with Crippen LogP contribution < -0.4 is 5.32 Å². The van der Waals surface area contributed by atoms with Gasteiger partial charge in [-0.3, -0.25) is 4.79 Å². The van der Waals surface area contributed by atoms with Crippen LogP contribution in [0.4, 0.5) is 13.9 Å². The average Bonchev–Trinajstić information content (AvgIpc) is 3.01. The molecule has 0 spiro atoms. The first-order chi connectivity index (χ1) is 12.4. The lowest BCUT2D eigenvalue weighted by Gasteiger charge is -2.32. The van der Waals surface area contributed by atoms with Crippen LogP contribution in [-0.4, -0.2) is 67.4 Å². The van der Waals surface area contributed by atoms with Crippen LogP contribution in [0.2, 0.25) is 0 Å². The number of carbonyl (C=O) groups is 1. The van der Waals surface area contributed by atoms with E-state index in [1.165, 1.54) is 6.07 Å². The summed E-state index contributed by atoms with van der Waals surface area (Å²) in [4.78, 5) is 21.1. The number of piperidine rings is 1. The number of nitrogens with one attached hydrogen (secondary N) is 1. The van der Waals surface area contributed by atoms with E-state index in [0.29, 0.717) is 9.83 Å². The first-order valence-corrected chi connectivity index (χ1v) is 9.63. The van der Waals surface area contributed by atoms with Crippen molar-refractivity contribution in [2.45, 2.75) is 12.8 Å². The molecule has 1 N–H and O–H groups in total. The fraction of sp³-hybridized carbons (Fsp3) is 0.556. The molecule has 1 fully saturated rings. The molecule has 0 radical (unpaired) electrons. The van der Waals surface area contributed by atoms with Crippen molar-refractivity contribution in [1.82, 2.24) is 14.8 Å². The van der Waals surface area contributed by atoms with Crippen molar-refractivity contribution in [3.63, 3.8) is 0 Å². The van der Waals surface area contributed by atoms with Crippen molar-refractivity contribution in [3.05, 3.63) is 23.8 Å². The zero-order valence-corrected chi connectivity index (χ0v) is 15.9. The van der Waals surface area contributed by atoms with E-state index < -0.39 is 11.6 Å². The largest absolute Gasteiger partial charge is 0.354 e.